The number of nitrogens with one attached hydrogen (secondary N) is 1. The van der Waals surface area contributed by atoms with Crippen LogP contribution < -0.4 is 5.32 Å². The highest BCUT2D eigenvalue weighted by Gasteiger charge is 2.30. The first-order valence-electron chi connectivity index (χ1n) is 6.73. The average molecular weight is 291 g/mol. The van der Waals surface area contributed by atoms with Crippen LogP contribution in [0, 0.1) is 5.92 Å². The van der Waals surface area contributed by atoms with E-state index in [2.05, 4.69) is 10.1 Å². The van der Waals surface area contributed by atoms with E-state index in [0.29, 0.717) is 12.3 Å². The molecular weight excluding hydrogens is 274 g/mol. The Hall–Kier alpha value is -2.37. The van der Waals surface area contributed by atoms with Gasteiger partial charge in [-0.05, 0) is 30.5 Å². The standard InChI is InChI=1S/C15H17NO5/c1-21-15(20)11-4-2-3-10(8-11)13(17)16-12(14(18)19)7-9-5-6-9/h2-4,8-9,12H,5-7H2,1H3,(H,16,17)(H,18,19)/t12-/m0/s1. The third-order valence-electron chi connectivity index (χ3n) is 3.42. The highest BCUT2D eigenvalue weighted by atomic mass is 16.5. The first kappa shape index (κ1) is 15.0. The van der Waals surface area contributed by atoms with Gasteiger partial charge < -0.3 is 15.2 Å². The molecule has 1 aliphatic carbocycles. The molecule has 0 saturated heterocycles. The molecule has 0 radical (unpaired) electrons. The lowest BCUT2D eigenvalue weighted by atomic mass is 10.1. The van der Waals surface area contributed by atoms with Crippen LogP contribution in [-0.4, -0.2) is 36.1 Å². The van der Waals surface area contributed by atoms with Crippen LogP contribution in [0.5, 0.6) is 0 Å². The number of carbonyl (C=O) groups excluding carboxylic acids is 2. The van der Waals surface area contributed by atoms with E-state index in [9.17, 15) is 14.4 Å². The Morgan fingerprint density at radius 2 is 2.00 bits per heavy atom. The Balaban J connectivity index is 2.07. The van der Waals surface area contributed by atoms with Crippen LogP contribution in [-0.2, 0) is 9.53 Å². The van der Waals surface area contributed by atoms with Crippen LogP contribution in [0.15, 0.2) is 24.3 Å². The lowest BCUT2D eigenvalue weighted by Crippen LogP contribution is -2.41. The number of ether oxygens (including phenoxy) is 1. The summed E-state index contributed by atoms with van der Waals surface area (Å²) in [5.74, 6) is -1.71. The van der Waals surface area contributed by atoms with Gasteiger partial charge in [-0.3, -0.25) is 4.79 Å². The van der Waals surface area contributed by atoms with E-state index in [1.165, 1.54) is 25.3 Å². The summed E-state index contributed by atoms with van der Waals surface area (Å²) >= 11 is 0. The maximum atomic E-state index is 12.1. The van der Waals surface area contributed by atoms with Gasteiger partial charge in [0.15, 0.2) is 0 Å². The first-order valence-corrected chi connectivity index (χ1v) is 6.73. The van der Waals surface area contributed by atoms with E-state index < -0.39 is 23.9 Å². The van der Waals surface area contributed by atoms with Crippen molar-refractivity contribution in [3.05, 3.63) is 35.4 Å². The summed E-state index contributed by atoms with van der Waals surface area (Å²) in [6.45, 7) is 0. The Labute approximate surface area is 122 Å². The lowest BCUT2D eigenvalue weighted by Gasteiger charge is -2.14. The number of methoxy groups -OCH3 is 1. The minimum atomic E-state index is -1.04. The average Bonchev–Trinajstić information content (AvgIpc) is 3.29. The summed E-state index contributed by atoms with van der Waals surface area (Å²) in [6, 6.07) is 5.10. The highest BCUT2D eigenvalue weighted by molar-refractivity contribution is 5.99. The maximum Gasteiger partial charge on any atom is 0.337 e. The molecule has 1 fully saturated rings. The number of carboxylic acid groups (broad SMARTS) is 1. The number of benzene rings is 1. The van der Waals surface area contributed by atoms with Crippen LogP contribution >= 0.6 is 0 Å². The Morgan fingerprint density at radius 3 is 2.57 bits per heavy atom. The molecule has 112 valence electrons. The fraction of sp³-hybridized carbons (Fsp3) is 0.400. The van der Waals surface area contributed by atoms with E-state index in [1.807, 2.05) is 0 Å². The molecule has 0 aliphatic heterocycles. The molecule has 1 saturated carbocycles. The predicted molar refractivity (Wildman–Crippen MR) is 74.0 cm³/mol. The number of amides is 1. The third-order valence-corrected chi connectivity index (χ3v) is 3.42. The number of hydrogen-bond donors (Lipinski definition) is 2. The molecule has 1 aliphatic rings. The maximum absolute atomic E-state index is 12.1. The Bertz CT molecular complexity index is 565. The topological polar surface area (TPSA) is 92.7 Å². The smallest absolute Gasteiger partial charge is 0.337 e. The van der Waals surface area contributed by atoms with Gasteiger partial charge >= 0.3 is 11.9 Å². The number of rotatable bonds is 6. The van der Waals surface area contributed by atoms with Gasteiger partial charge in [-0.25, -0.2) is 9.59 Å². The number of carbonyl (C=O) groups is 3. The molecule has 2 N–H and O–H groups in total. The van der Waals surface area contributed by atoms with Crippen molar-refractivity contribution in [2.75, 3.05) is 7.11 Å². The molecule has 0 unspecified atom stereocenters. The molecule has 6 heteroatoms. The minimum absolute atomic E-state index is 0.236. The lowest BCUT2D eigenvalue weighted by molar-refractivity contribution is -0.139. The fourth-order valence-electron chi connectivity index (χ4n) is 2.06. The first-order chi connectivity index (χ1) is 10.0. The van der Waals surface area contributed by atoms with Gasteiger partial charge in [0.2, 0.25) is 0 Å². The van der Waals surface area contributed by atoms with Crippen LogP contribution in [0.3, 0.4) is 0 Å². The van der Waals surface area contributed by atoms with Gasteiger partial charge in [-0.2, -0.15) is 0 Å². The Kier molecular flexibility index (Phi) is 4.57. The van der Waals surface area contributed by atoms with Crippen molar-refractivity contribution in [2.45, 2.75) is 25.3 Å². The molecule has 1 aromatic rings. The molecule has 0 bridgehead atoms. The summed E-state index contributed by atoms with van der Waals surface area (Å²) in [4.78, 5) is 34.7. The summed E-state index contributed by atoms with van der Waals surface area (Å²) in [5.41, 5.74) is 0.485. The normalized spacial score (nSPS) is 15.1. The molecule has 0 spiro atoms. The summed E-state index contributed by atoms with van der Waals surface area (Å²) in [5, 5.41) is 11.6. The second kappa shape index (κ2) is 6.39. The summed E-state index contributed by atoms with van der Waals surface area (Å²) in [7, 11) is 1.26. The SMILES string of the molecule is COC(=O)c1cccc(C(=O)N[C@@H](CC2CC2)C(=O)O)c1. The number of hydrogen-bond acceptors (Lipinski definition) is 4. The summed E-state index contributed by atoms with van der Waals surface area (Å²) in [6.07, 6.45) is 2.46. The van der Waals surface area contributed by atoms with E-state index in [4.69, 9.17) is 5.11 Å². The third kappa shape index (κ3) is 4.05. The molecule has 1 atom stereocenters. The monoisotopic (exact) mass is 291 g/mol. The van der Waals surface area contributed by atoms with E-state index in [1.54, 1.807) is 6.07 Å². The quantitative estimate of drug-likeness (QED) is 0.774. The molecule has 0 heterocycles. The van der Waals surface area contributed by atoms with Crippen molar-refractivity contribution in [1.82, 2.24) is 5.32 Å². The second-order valence-corrected chi connectivity index (χ2v) is 5.12. The molecular formula is C15H17NO5. The zero-order valence-electron chi connectivity index (χ0n) is 11.7. The van der Waals surface area contributed by atoms with Crippen molar-refractivity contribution in [3.8, 4) is 0 Å². The highest BCUT2D eigenvalue weighted by Crippen LogP contribution is 2.33. The van der Waals surface area contributed by atoms with Gasteiger partial charge in [0.1, 0.15) is 6.04 Å². The predicted octanol–water partition coefficient (Wildman–Crippen LogP) is 1.46. The number of aliphatic carboxylic acids is 1. The molecule has 2 rings (SSSR count). The molecule has 1 aromatic carbocycles. The van der Waals surface area contributed by atoms with Gasteiger partial charge in [-0.15, -0.1) is 0 Å². The zero-order valence-corrected chi connectivity index (χ0v) is 11.7. The fourth-order valence-corrected chi connectivity index (χ4v) is 2.06. The molecule has 0 aromatic heterocycles. The summed E-state index contributed by atoms with van der Waals surface area (Å²) < 4.78 is 4.59. The van der Waals surface area contributed by atoms with Crippen LogP contribution in [0.4, 0.5) is 0 Å². The van der Waals surface area contributed by atoms with Crippen LogP contribution in [0.1, 0.15) is 40.0 Å². The van der Waals surface area contributed by atoms with Gasteiger partial charge in [0.05, 0.1) is 12.7 Å². The van der Waals surface area contributed by atoms with Crippen molar-refractivity contribution in [3.63, 3.8) is 0 Å². The zero-order chi connectivity index (χ0) is 15.4. The molecule has 1 amide bonds. The molecule has 21 heavy (non-hydrogen) atoms. The Morgan fingerprint density at radius 1 is 1.33 bits per heavy atom. The van der Waals surface area contributed by atoms with E-state index in [-0.39, 0.29) is 11.1 Å². The minimum Gasteiger partial charge on any atom is -0.480 e. The van der Waals surface area contributed by atoms with Gasteiger partial charge in [0, 0.05) is 5.56 Å². The van der Waals surface area contributed by atoms with E-state index >= 15 is 0 Å². The largest absolute Gasteiger partial charge is 0.480 e. The number of esters is 1. The second-order valence-electron chi connectivity index (χ2n) is 5.12. The van der Waals surface area contributed by atoms with Crippen LogP contribution in [0.25, 0.3) is 0 Å². The van der Waals surface area contributed by atoms with Crippen molar-refractivity contribution in [1.29, 1.82) is 0 Å². The van der Waals surface area contributed by atoms with E-state index in [0.717, 1.165) is 12.8 Å². The van der Waals surface area contributed by atoms with Gasteiger partial charge in [-0.1, -0.05) is 18.9 Å². The number of carboxylic acids is 1. The van der Waals surface area contributed by atoms with Crippen molar-refractivity contribution in [2.24, 2.45) is 5.92 Å². The van der Waals surface area contributed by atoms with Crippen molar-refractivity contribution >= 4 is 17.8 Å². The van der Waals surface area contributed by atoms with Gasteiger partial charge in [0.25, 0.3) is 5.91 Å². The van der Waals surface area contributed by atoms with Crippen molar-refractivity contribution < 1.29 is 24.2 Å². The molecule has 6 nitrogen and oxygen atoms in total. The van der Waals surface area contributed by atoms with Crippen LogP contribution in [0.2, 0.25) is 0 Å².